The van der Waals surface area contributed by atoms with Gasteiger partial charge in [-0.3, -0.25) is 9.59 Å². The Bertz CT molecular complexity index is 804. The van der Waals surface area contributed by atoms with Crippen molar-refractivity contribution in [1.29, 1.82) is 0 Å². The van der Waals surface area contributed by atoms with Gasteiger partial charge in [0.25, 0.3) is 0 Å². The van der Waals surface area contributed by atoms with E-state index in [9.17, 15) is 14.7 Å². The summed E-state index contributed by atoms with van der Waals surface area (Å²) in [6, 6.07) is 4.12. The van der Waals surface area contributed by atoms with E-state index < -0.39 is 11.7 Å². The lowest BCUT2D eigenvalue weighted by Gasteiger charge is -2.41. The monoisotopic (exact) mass is 330 g/mol. The molecule has 0 aliphatic heterocycles. The van der Waals surface area contributed by atoms with E-state index in [0.29, 0.717) is 5.76 Å². The van der Waals surface area contributed by atoms with Gasteiger partial charge in [0, 0.05) is 36.5 Å². The van der Waals surface area contributed by atoms with Gasteiger partial charge in [0.2, 0.25) is 0 Å². The van der Waals surface area contributed by atoms with Gasteiger partial charge >= 0.3 is 0 Å². The molecule has 0 bridgehead atoms. The summed E-state index contributed by atoms with van der Waals surface area (Å²) in [4.78, 5) is 25.8. The summed E-state index contributed by atoms with van der Waals surface area (Å²) in [6.07, 6.45) is 0.717. The summed E-state index contributed by atoms with van der Waals surface area (Å²) in [6.45, 7) is 1.73. The molecule has 0 saturated carbocycles. The van der Waals surface area contributed by atoms with Crippen LogP contribution in [-0.2, 0) is 14.2 Å². The van der Waals surface area contributed by atoms with Crippen LogP contribution >= 0.6 is 0 Å². The first-order chi connectivity index (χ1) is 11.4. The van der Waals surface area contributed by atoms with Crippen molar-refractivity contribution in [1.82, 2.24) is 0 Å². The number of rotatable bonds is 3. The minimum atomic E-state index is -1.05. The van der Waals surface area contributed by atoms with Crippen molar-refractivity contribution in [3.8, 4) is 5.75 Å². The highest BCUT2D eigenvalue weighted by molar-refractivity contribution is 6.28. The molecule has 1 aromatic rings. The number of ketones is 2. The maximum atomic E-state index is 13.0. The largest absolute Gasteiger partial charge is 0.508 e. The van der Waals surface area contributed by atoms with Crippen LogP contribution in [0.15, 0.2) is 41.2 Å². The van der Waals surface area contributed by atoms with Gasteiger partial charge in [-0.15, -0.1) is 0 Å². The smallest absolute Gasteiger partial charge is 0.194 e. The Morgan fingerprint density at radius 3 is 2.38 bits per heavy atom. The Morgan fingerprint density at radius 2 is 1.79 bits per heavy atom. The topological polar surface area (TPSA) is 82.1 Å². The van der Waals surface area contributed by atoms with Crippen molar-refractivity contribution in [2.75, 3.05) is 21.3 Å². The molecular formula is C18H18O6. The molecule has 1 aromatic carbocycles. The average Bonchev–Trinajstić information content (AvgIpc) is 2.58. The molecule has 2 aliphatic carbocycles. The zero-order chi connectivity index (χ0) is 17.6. The Kier molecular flexibility index (Phi) is 3.81. The fourth-order valence-corrected chi connectivity index (χ4v) is 3.35. The van der Waals surface area contributed by atoms with Crippen molar-refractivity contribution in [2.45, 2.75) is 18.6 Å². The SMILES string of the molecule is COC1=CC2=C(C(=O)c3cc(O)ccc3C2=O)C(OC)C1(C)OC. The summed E-state index contributed by atoms with van der Waals surface area (Å²) in [5.41, 5.74) is -0.193. The van der Waals surface area contributed by atoms with E-state index in [4.69, 9.17) is 14.2 Å². The lowest BCUT2D eigenvalue weighted by molar-refractivity contribution is -0.0919. The predicted molar refractivity (Wildman–Crippen MR) is 85.1 cm³/mol. The number of allylic oxidation sites excluding steroid dienone is 2. The van der Waals surface area contributed by atoms with Gasteiger partial charge < -0.3 is 19.3 Å². The van der Waals surface area contributed by atoms with E-state index in [1.54, 1.807) is 6.92 Å². The highest BCUT2D eigenvalue weighted by Gasteiger charge is 2.50. The second-order valence-corrected chi connectivity index (χ2v) is 5.86. The van der Waals surface area contributed by atoms with Crippen molar-refractivity contribution >= 4 is 11.6 Å². The molecule has 24 heavy (non-hydrogen) atoms. The lowest BCUT2D eigenvalue weighted by atomic mass is 9.73. The van der Waals surface area contributed by atoms with Gasteiger partial charge in [-0.1, -0.05) is 0 Å². The number of carbonyl (C=O) groups is 2. The van der Waals surface area contributed by atoms with E-state index in [-0.39, 0.29) is 39.6 Å². The summed E-state index contributed by atoms with van der Waals surface area (Å²) in [5, 5.41) is 9.67. The first-order valence-corrected chi connectivity index (χ1v) is 7.39. The van der Waals surface area contributed by atoms with Crippen LogP contribution < -0.4 is 0 Å². The Morgan fingerprint density at radius 1 is 1.08 bits per heavy atom. The number of methoxy groups -OCH3 is 3. The van der Waals surface area contributed by atoms with Crippen molar-refractivity contribution in [3.63, 3.8) is 0 Å². The number of hydrogen-bond acceptors (Lipinski definition) is 6. The zero-order valence-corrected chi connectivity index (χ0v) is 13.9. The normalized spacial score (nSPS) is 26.0. The maximum absolute atomic E-state index is 13.0. The average molecular weight is 330 g/mol. The van der Waals surface area contributed by atoms with Crippen LogP contribution in [-0.4, -0.2) is 49.7 Å². The summed E-state index contributed by atoms with van der Waals surface area (Å²) in [7, 11) is 4.41. The first kappa shape index (κ1) is 16.4. The Hall–Kier alpha value is -2.44. The number of hydrogen-bond donors (Lipinski definition) is 1. The van der Waals surface area contributed by atoms with E-state index in [1.807, 2.05) is 0 Å². The third-order valence-electron chi connectivity index (χ3n) is 4.68. The molecule has 0 spiro atoms. The summed E-state index contributed by atoms with van der Waals surface area (Å²) >= 11 is 0. The van der Waals surface area contributed by atoms with Crippen LogP contribution in [0, 0.1) is 0 Å². The van der Waals surface area contributed by atoms with Crippen LogP contribution in [0.5, 0.6) is 5.75 Å². The molecule has 3 rings (SSSR count). The van der Waals surface area contributed by atoms with Crippen LogP contribution in [0.1, 0.15) is 27.6 Å². The molecule has 1 N–H and O–H groups in total. The highest BCUT2D eigenvalue weighted by Crippen LogP contribution is 2.42. The molecule has 0 heterocycles. The molecule has 0 saturated heterocycles. The molecule has 126 valence electrons. The molecule has 0 radical (unpaired) electrons. The fourth-order valence-electron chi connectivity index (χ4n) is 3.35. The second kappa shape index (κ2) is 5.58. The number of phenols is 1. The van der Waals surface area contributed by atoms with Gasteiger partial charge in [0.05, 0.1) is 7.11 Å². The fraction of sp³-hybridized carbons (Fsp3) is 0.333. The predicted octanol–water partition coefficient (Wildman–Crippen LogP) is 2.03. The molecule has 2 aliphatic rings. The Balaban J connectivity index is 2.28. The van der Waals surface area contributed by atoms with Gasteiger partial charge in [-0.25, -0.2) is 0 Å². The number of carbonyl (C=O) groups excluding carboxylic acids is 2. The Labute approximate surface area is 139 Å². The number of Topliss-reactive ketones (excluding diaryl/α,β-unsaturated/α-hetero) is 2. The van der Waals surface area contributed by atoms with Gasteiger partial charge in [0.15, 0.2) is 17.2 Å². The van der Waals surface area contributed by atoms with Gasteiger partial charge in [0.1, 0.15) is 17.6 Å². The van der Waals surface area contributed by atoms with Crippen molar-refractivity contribution < 1.29 is 28.9 Å². The van der Waals surface area contributed by atoms with Crippen LogP contribution in [0.2, 0.25) is 0 Å². The quantitative estimate of drug-likeness (QED) is 0.913. The summed E-state index contributed by atoms with van der Waals surface area (Å²) < 4.78 is 16.5. The zero-order valence-electron chi connectivity index (χ0n) is 13.9. The second-order valence-electron chi connectivity index (χ2n) is 5.86. The summed E-state index contributed by atoms with van der Waals surface area (Å²) in [5.74, 6) is -0.350. The highest BCUT2D eigenvalue weighted by atomic mass is 16.6. The number of ether oxygens (including phenoxy) is 3. The maximum Gasteiger partial charge on any atom is 0.194 e. The number of benzene rings is 1. The van der Waals surface area contributed by atoms with Gasteiger partial charge in [-0.05, 0) is 31.2 Å². The molecule has 2 unspecified atom stereocenters. The van der Waals surface area contributed by atoms with Gasteiger partial charge in [-0.2, -0.15) is 0 Å². The van der Waals surface area contributed by atoms with E-state index in [1.165, 1.54) is 45.6 Å². The number of phenolic OH excluding ortho intramolecular Hbond substituents is 1. The standard InChI is InChI=1S/C18H18O6/c1-18(24-4)13(22-2)8-12-14(17(18)23-3)16(21)11-7-9(19)5-6-10(11)15(12)20/h5-8,17,19H,1-4H3. The molecule has 0 amide bonds. The lowest BCUT2D eigenvalue weighted by Crippen LogP contribution is -2.51. The van der Waals surface area contributed by atoms with E-state index in [2.05, 4.69) is 0 Å². The minimum absolute atomic E-state index is 0.0775. The first-order valence-electron chi connectivity index (χ1n) is 7.39. The van der Waals surface area contributed by atoms with Crippen LogP contribution in [0.3, 0.4) is 0 Å². The molecular weight excluding hydrogens is 312 g/mol. The third-order valence-corrected chi connectivity index (χ3v) is 4.68. The van der Waals surface area contributed by atoms with E-state index in [0.717, 1.165) is 0 Å². The van der Waals surface area contributed by atoms with Crippen LogP contribution in [0.4, 0.5) is 0 Å². The minimum Gasteiger partial charge on any atom is -0.508 e. The molecule has 0 aromatic heterocycles. The molecule has 6 heteroatoms. The van der Waals surface area contributed by atoms with Crippen molar-refractivity contribution in [2.24, 2.45) is 0 Å². The third kappa shape index (κ3) is 2.03. The molecule has 2 atom stereocenters. The molecule has 6 nitrogen and oxygen atoms in total. The van der Waals surface area contributed by atoms with Crippen LogP contribution in [0.25, 0.3) is 0 Å². The van der Waals surface area contributed by atoms with E-state index >= 15 is 0 Å². The number of fused-ring (bicyclic) bond motifs is 1. The van der Waals surface area contributed by atoms with Crippen molar-refractivity contribution in [3.05, 3.63) is 52.3 Å². The number of aromatic hydroxyl groups is 1. The molecule has 0 fully saturated rings.